The number of hydrogen-bond donors (Lipinski definition) is 0. The van der Waals surface area contributed by atoms with E-state index in [1.54, 1.807) is 0 Å². The van der Waals surface area contributed by atoms with Crippen molar-refractivity contribution in [1.82, 2.24) is 4.90 Å². The maximum Gasteiger partial charge on any atom is 0.325 e. The van der Waals surface area contributed by atoms with Gasteiger partial charge >= 0.3 is 6.03 Å². The molecule has 3 rings (SSSR count). The van der Waals surface area contributed by atoms with Gasteiger partial charge in [0.1, 0.15) is 0 Å². The lowest BCUT2D eigenvalue weighted by molar-refractivity contribution is 0.195. The van der Waals surface area contributed by atoms with E-state index in [0.29, 0.717) is 19.1 Å². The van der Waals surface area contributed by atoms with E-state index in [2.05, 4.69) is 17.8 Å². The monoisotopic (exact) mass is 243 g/mol. The molecule has 0 bridgehead atoms. The summed E-state index contributed by atoms with van der Waals surface area (Å²) in [5.74, 6) is 0. The van der Waals surface area contributed by atoms with Gasteiger partial charge in [-0.2, -0.15) is 0 Å². The van der Waals surface area contributed by atoms with Crippen LogP contribution in [0.5, 0.6) is 0 Å². The first-order valence-corrected chi connectivity index (χ1v) is 6.40. The third-order valence-corrected chi connectivity index (χ3v) is 3.57. The molecule has 2 amide bonds. The van der Waals surface area contributed by atoms with Crippen molar-refractivity contribution in [3.8, 4) is 0 Å². The summed E-state index contributed by atoms with van der Waals surface area (Å²) in [6.07, 6.45) is 2.28. The van der Waals surface area contributed by atoms with E-state index < -0.39 is 0 Å². The number of nitrogens with zero attached hydrogens (tertiary/aromatic N) is 3. The Morgan fingerprint density at radius 1 is 1.33 bits per heavy atom. The van der Waals surface area contributed by atoms with Crippen LogP contribution in [-0.4, -0.2) is 36.8 Å². The van der Waals surface area contributed by atoms with Crippen LogP contribution in [0.3, 0.4) is 0 Å². The van der Waals surface area contributed by atoms with Gasteiger partial charge in [-0.1, -0.05) is 18.2 Å². The van der Waals surface area contributed by atoms with Crippen molar-refractivity contribution in [2.45, 2.75) is 25.4 Å². The van der Waals surface area contributed by atoms with Gasteiger partial charge in [0.15, 0.2) is 0 Å². The summed E-state index contributed by atoms with van der Waals surface area (Å²) < 4.78 is 0. The Labute approximate surface area is 107 Å². The molecule has 0 aromatic heterocycles. The first-order valence-electron chi connectivity index (χ1n) is 6.40. The Morgan fingerprint density at radius 3 is 2.83 bits per heavy atom. The average Bonchev–Trinajstić information content (AvgIpc) is 3.21. The van der Waals surface area contributed by atoms with Crippen LogP contribution in [0.2, 0.25) is 0 Å². The molecule has 0 N–H and O–H groups in total. The van der Waals surface area contributed by atoms with E-state index >= 15 is 0 Å². The standard InChI is InChI=1S/C14H17N3O/c1-15-8-9-16-13-5-3-2-4-11(13)10-17(14(16)18)12-6-7-12/h2-5,12H,1,6-10H2. The van der Waals surface area contributed by atoms with Gasteiger partial charge in [0.05, 0.1) is 12.2 Å². The molecule has 2 aliphatic rings. The van der Waals surface area contributed by atoms with Crippen LogP contribution in [0.4, 0.5) is 10.5 Å². The summed E-state index contributed by atoms with van der Waals surface area (Å²) in [5, 5.41) is 0. The number of anilines is 1. The molecule has 0 radical (unpaired) electrons. The third-order valence-electron chi connectivity index (χ3n) is 3.57. The lowest BCUT2D eigenvalue weighted by atomic mass is 10.1. The number of amides is 2. The Hall–Kier alpha value is -1.84. The van der Waals surface area contributed by atoms with Crippen LogP contribution in [-0.2, 0) is 6.54 Å². The Balaban J connectivity index is 1.93. The Kier molecular flexibility index (Phi) is 2.78. The highest BCUT2D eigenvalue weighted by Gasteiger charge is 2.38. The van der Waals surface area contributed by atoms with Gasteiger partial charge in [-0.05, 0) is 31.2 Å². The van der Waals surface area contributed by atoms with Crippen molar-refractivity contribution in [1.29, 1.82) is 0 Å². The first kappa shape index (κ1) is 11.3. The van der Waals surface area contributed by atoms with Crippen molar-refractivity contribution in [2.75, 3.05) is 18.0 Å². The molecule has 0 atom stereocenters. The van der Waals surface area contributed by atoms with Gasteiger partial charge in [-0.25, -0.2) is 4.79 Å². The molecule has 1 aliphatic carbocycles. The van der Waals surface area contributed by atoms with Crippen LogP contribution in [0, 0.1) is 0 Å². The minimum atomic E-state index is 0.125. The molecule has 18 heavy (non-hydrogen) atoms. The predicted molar refractivity (Wildman–Crippen MR) is 72.2 cm³/mol. The highest BCUT2D eigenvalue weighted by molar-refractivity contribution is 5.95. The van der Waals surface area contributed by atoms with E-state index in [4.69, 9.17) is 0 Å². The predicted octanol–water partition coefficient (Wildman–Crippen LogP) is 2.29. The summed E-state index contributed by atoms with van der Waals surface area (Å²) in [7, 11) is 0. The molecule has 0 unspecified atom stereocenters. The van der Waals surface area contributed by atoms with Gasteiger partial charge in [-0.15, -0.1) is 0 Å². The summed E-state index contributed by atoms with van der Waals surface area (Å²) in [6.45, 7) is 5.43. The van der Waals surface area contributed by atoms with Gasteiger partial charge < -0.3 is 4.90 Å². The fourth-order valence-electron chi connectivity index (χ4n) is 2.48. The molecular formula is C14H17N3O. The van der Waals surface area contributed by atoms with Crippen LogP contribution < -0.4 is 4.90 Å². The largest absolute Gasteiger partial charge is 0.325 e. The SMILES string of the molecule is C=NCCN1C(=O)N(C2CC2)Cc2ccccc21. The maximum atomic E-state index is 12.5. The van der Waals surface area contributed by atoms with Crippen molar-refractivity contribution in [2.24, 2.45) is 4.99 Å². The molecule has 1 heterocycles. The van der Waals surface area contributed by atoms with E-state index in [9.17, 15) is 4.79 Å². The highest BCUT2D eigenvalue weighted by Crippen LogP contribution is 2.35. The molecule has 1 aromatic rings. The van der Waals surface area contributed by atoms with E-state index in [1.807, 2.05) is 28.0 Å². The summed E-state index contributed by atoms with van der Waals surface area (Å²) >= 11 is 0. The number of carbonyl (C=O) groups excluding carboxylic acids is 1. The summed E-state index contributed by atoms with van der Waals surface area (Å²) in [6, 6.07) is 8.70. The zero-order chi connectivity index (χ0) is 12.5. The van der Waals surface area contributed by atoms with E-state index in [1.165, 1.54) is 5.56 Å². The molecule has 1 fully saturated rings. The van der Waals surface area contributed by atoms with Gasteiger partial charge in [0.25, 0.3) is 0 Å². The second kappa shape index (κ2) is 4.44. The Bertz CT molecular complexity index is 482. The number of fused-ring (bicyclic) bond motifs is 1. The second-order valence-corrected chi connectivity index (χ2v) is 4.87. The summed E-state index contributed by atoms with van der Waals surface area (Å²) in [5.41, 5.74) is 2.26. The minimum absolute atomic E-state index is 0.125. The van der Waals surface area contributed by atoms with E-state index in [0.717, 1.165) is 25.1 Å². The van der Waals surface area contributed by atoms with Gasteiger partial charge in [-0.3, -0.25) is 9.89 Å². The van der Waals surface area contributed by atoms with Crippen LogP contribution in [0.25, 0.3) is 0 Å². The first-order chi connectivity index (χ1) is 8.81. The summed E-state index contributed by atoms with van der Waals surface area (Å²) in [4.78, 5) is 20.2. The molecule has 1 aliphatic heterocycles. The number of aliphatic imine (C=N–C) groups is 1. The zero-order valence-electron chi connectivity index (χ0n) is 10.4. The number of benzene rings is 1. The molecule has 94 valence electrons. The molecule has 0 spiro atoms. The van der Waals surface area contributed by atoms with Crippen LogP contribution in [0.1, 0.15) is 18.4 Å². The topological polar surface area (TPSA) is 35.9 Å². The second-order valence-electron chi connectivity index (χ2n) is 4.87. The fraction of sp³-hybridized carbons (Fsp3) is 0.429. The molecular weight excluding hydrogens is 226 g/mol. The fourth-order valence-corrected chi connectivity index (χ4v) is 2.48. The lowest BCUT2D eigenvalue weighted by Crippen LogP contribution is -2.48. The minimum Gasteiger partial charge on any atom is -0.317 e. The van der Waals surface area contributed by atoms with Crippen molar-refractivity contribution < 1.29 is 4.79 Å². The highest BCUT2D eigenvalue weighted by atomic mass is 16.2. The zero-order valence-corrected chi connectivity index (χ0v) is 10.4. The molecule has 1 saturated carbocycles. The van der Waals surface area contributed by atoms with Crippen molar-refractivity contribution >= 4 is 18.4 Å². The van der Waals surface area contributed by atoms with Crippen LogP contribution >= 0.6 is 0 Å². The van der Waals surface area contributed by atoms with Gasteiger partial charge in [0.2, 0.25) is 0 Å². The normalized spacial score (nSPS) is 18.8. The average molecular weight is 243 g/mol. The number of rotatable bonds is 4. The molecule has 1 aromatic carbocycles. The lowest BCUT2D eigenvalue weighted by Gasteiger charge is -2.37. The number of carbonyl (C=O) groups is 1. The molecule has 4 nitrogen and oxygen atoms in total. The van der Waals surface area contributed by atoms with Gasteiger partial charge in [0, 0.05) is 19.1 Å². The number of urea groups is 1. The molecule has 4 heteroatoms. The molecule has 0 saturated heterocycles. The third kappa shape index (κ3) is 1.88. The smallest absolute Gasteiger partial charge is 0.317 e. The number of hydrogen-bond acceptors (Lipinski definition) is 2. The maximum absolute atomic E-state index is 12.5. The Morgan fingerprint density at radius 2 is 2.11 bits per heavy atom. The van der Waals surface area contributed by atoms with Crippen molar-refractivity contribution in [3.63, 3.8) is 0 Å². The quantitative estimate of drug-likeness (QED) is 0.747. The van der Waals surface area contributed by atoms with Crippen molar-refractivity contribution in [3.05, 3.63) is 29.8 Å². The van der Waals surface area contributed by atoms with E-state index in [-0.39, 0.29) is 6.03 Å². The number of para-hydroxylation sites is 1. The van der Waals surface area contributed by atoms with Crippen LogP contribution in [0.15, 0.2) is 29.3 Å².